The van der Waals surface area contributed by atoms with Gasteiger partial charge in [0, 0.05) is 18.8 Å². The molecular weight excluding hydrogens is 464 g/mol. The predicted octanol–water partition coefficient (Wildman–Crippen LogP) is 6.19. The summed E-state index contributed by atoms with van der Waals surface area (Å²) in [6, 6.07) is 0. The summed E-state index contributed by atoms with van der Waals surface area (Å²) in [6.07, 6.45) is 12.9. The lowest BCUT2D eigenvalue weighted by Crippen LogP contribution is -2.53. The fourth-order valence-electron chi connectivity index (χ4n) is 9.39. The third-order valence-corrected chi connectivity index (χ3v) is 12.3. The maximum atomic E-state index is 12.9. The lowest BCUT2D eigenvalue weighted by Gasteiger charge is -2.59. The van der Waals surface area contributed by atoms with E-state index in [1.165, 1.54) is 18.1 Å². The van der Waals surface area contributed by atoms with Crippen LogP contribution >= 0.6 is 0 Å². The van der Waals surface area contributed by atoms with Crippen molar-refractivity contribution >= 4 is 11.8 Å². The molecule has 5 aliphatic rings. The number of rotatable bonds is 7. The van der Waals surface area contributed by atoms with Crippen LogP contribution in [0, 0.1) is 39.4 Å². The molecule has 0 radical (unpaired) electrons. The number of aliphatic hydroxyl groups excluding tert-OH is 1. The Balaban J connectivity index is 1.43. The monoisotopic (exact) mass is 512 g/mol. The van der Waals surface area contributed by atoms with Crippen molar-refractivity contribution in [3.8, 4) is 0 Å². The van der Waals surface area contributed by atoms with E-state index in [9.17, 15) is 14.7 Å². The first-order chi connectivity index (χ1) is 17.2. The molecule has 1 heterocycles. The highest BCUT2D eigenvalue weighted by Crippen LogP contribution is 2.71. The smallest absolute Gasteiger partial charge is 0.302 e. The Kier molecular flexibility index (Phi) is 6.43. The molecule has 0 bridgehead atoms. The van der Waals surface area contributed by atoms with Crippen LogP contribution in [-0.4, -0.2) is 41.8 Å². The van der Waals surface area contributed by atoms with Crippen molar-refractivity contribution in [2.24, 2.45) is 39.4 Å². The summed E-state index contributed by atoms with van der Waals surface area (Å²) in [5.41, 5.74) is 2.59. The third kappa shape index (κ3) is 3.92. The van der Waals surface area contributed by atoms with Crippen LogP contribution in [0.1, 0.15) is 99.8 Å². The molecule has 0 aromatic carbocycles. The lowest BCUT2D eigenvalue weighted by molar-refractivity contribution is -0.143. The first kappa shape index (κ1) is 27.1. The molecule has 3 fully saturated rings. The molecular formula is C32H48O5. The van der Waals surface area contributed by atoms with Gasteiger partial charge in [0.25, 0.3) is 0 Å². The Hall–Kier alpha value is -1.46. The Morgan fingerprint density at radius 2 is 1.86 bits per heavy atom. The van der Waals surface area contributed by atoms with Crippen LogP contribution in [-0.2, 0) is 19.1 Å². The minimum atomic E-state index is -0.406. The largest absolute Gasteiger partial charge is 0.466 e. The van der Waals surface area contributed by atoms with Crippen molar-refractivity contribution in [2.75, 3.05) is 13.2 Å². The Bertz CT molecular complexity index is 1040. The normalized spacial score (nSPS) is 44.6. The number of fused-ring (bicyclic) bond motifs is 5. The van der Waals surface area contributed by atoms with E-state index < -0.39 is 5.60 Å². The van der Waals surface area contributed by atoms with Gasteiger partial charge < -0.3 is 14.6 Å². The van der Waals surface area contributed by atoms with Crippen molar-refractivity contribution in [1.82, 2.24) is 0 Å². The van der Waals surface area contributed by atoms with E-state index in [2.05, 4.69) is 46.8 Å². The molecule has 0 aromatic rings. The summed E-state index contributed by atoms with van der Waals surface area (Å²) in [4.78, 5) is 24.7. The minimum Gasteiger partial charge on any atom is -0.466 e. The van der Waals surface area contributed by atoms with E-state index in [4.69, 9.17) is 9.47 Å². The highest BCUT2D eigenvalue weighted by molar-refractivity contribution is 5.86. The van der Waals surface area contributed by atoms with Crippen LogP contribution in [0.15, 0.2) is 23.3 Å². The fraction of sp³-hybridized carbons (Fsp3) is 0.812. The molecule has 4 aliphatic carbocycles. The zero-order valence-corrected chi connectivity index (χ0v) is 24.1. The Morgan fingerprint density at radius 3 is 2.51 bits per heavy atom. The molecule has 1 aliphatic heterocycles. The van der Waals surface area contributed by atoms with Gasteiger partial charge in [0.2, 0.25) is 0 Å². The maximum absolute atomic E-state index is 12.9. The summed E-state index contributed by atoms with van der Waals surface area (Å²) in [6.45, 7) is 15.7. The average molecular weight is 513 g/mol. The van der Waals surface area contributed by atoms with Gasteiger partial charge in [-0.05, 0) is 97.0 Å². The van der Waals surface area contributed by atoms with Gasteiger partial charge in [-0.25, -0.2) is 0 Å². The number of epoxide rings is 1. The van der Waals surface area contributed by atoms with Crippen molar-refractivity contribution in [3.05, 3.63) is 23.3 Å². The van der Waals surface area contributed by atoms with Gasteiger partial charge in [0.15, 0.2) is 0 Å². The van der Waals surface area contributed by atoms with Gasteiger partial charge in [-0.15, -0.1) is 0 Å². The van der Waals surface area contributed by atoms with Crippen LogP contribution in [0.3, 0.4) is 0 Å². The van der Waals surface area contributed by atoms with Gasteiger partial charge in [0.1, 0.15) is 11.4 Å². The van der Waals surface area contributed by atoms with E-state index in [0.29, 0.717) is 30.6 Å². The molecule has 0 amide bonds. The third-order valence-electron chi connectivity index (χ3n) is 12.3. The molecule has 0 spiro atoms. The van der Waals surface area contributed by atoms with Crippen molar-refractivity contribution < 1.29 is 24.2 Å². The topological polar surface area (TPSA) is 76.1 Å². The number of ketones is 1. The Morgan fingerprint density at radius 1 is 1.14 bits per heavy atom. The van der Waals surface area contributed by atoms with Gasteiger partial charge in [-0.3, -0.25) is 9.59 Å². The Labute approximate surface area is 223 Å². The zero-order valence-electron chi connectivity index (χ0n) is 24.1. The number of allylic oxidation sites excluding steroid dienone is 4. The van der Waals surface area contributed by atoms with E-state index >= 15 is 0 Å². The number of aliphatic hydroxyl groups is 1. The molecule has 37 heavy (non-hydrogen) atoms. The summed E-state index contributed by atoms with van der Waals surface area (Å²) >= 11 is 0. The maximum Gasteiger partial charge on any atom is 0.302 e. The molecule has 2 saturated carbocycles. The fourth-order valence-corrected chi connectivity index (χ4v) is 9.39. The zero-order chi connectivity index (χ0) is 27.0. The van der Waals surface area contributed by atoms with Gasteiger partial charge in [0.05, 0.1) is 19.3 Å². The van der Waals surface area contributed by atoms with Crippen LogP contribution in [0.25, 0.3) is 0 Å². The molecule has 0 aromatic heterocycles. The second-order valence-electron chi connectivity index (χ2n) is 14.4. The highest BCUT2D eigenvalue weighted by Gasteiger charge is 2.63. The summed E-state index contributed by atoms with van der Waals surface area (Å²) < 4.78 is 11.4. The number of hydrogen-bond donors (Lipinski definition) is 1. The molecule has 8 atom stereocenters. The molecule has 1 saturated heterocycles. The van der Waals surface area contributed by atoms with E-state index in [1.54, 1.807) is 0 Å². The molecule has 1 N–H and O–H groups in total. The predicted molar refractivity (Wildman–Crippen MR) is 144 cm³/mol. The second-order valence-corrected chi connectivity index (χ2v) is 14.4. The molecule has 206 valence electrons. The number of carbonyl (C=O) groups is 2. The van der Waals surface area contributed by atoms with Crippen molar-refractivity contribution in [2.45, 2.75) is 112 Å². The molecule has 8 unspecified atom stereocenters. The first-order valence-electron chi connectivity index (χ1n) is 14.6. The van der Waals surface area contributed by atoms with E-state index in [-0.39, 0.29) is 46.3 Å². The standard InChI is InChI=1S/C32H48O5/c1-20(34)36-18-21(8-11-27-32(7,19-33)37-27)22-12-16-31(6)24-9-10-25-28(2,3)26(35)14-15-29(25,4)23(24)13-17-30(22,31)5/h9,13,21-22,25,27,33H,8,10-12,14-19H2,1-7H3. The van der Waals surface area contributed by atoms with Gasteiger partial charge >= 0.3 is 5.97 Å². The van der Waals surface area contributed by atoms with E-state index in [0.717, 1.165) is 44.9 Å². The second kappa shape index (κ2) is 8.78. The average Bonchev–Trinajstić information content (AvgIpc) is 3.41. The molecule has 5 heteroatoms. The summed E-state index contributed by atoms with van der Waals surface area (Å²) in [5.74, 6) is 1.29. The van der Waals surface area contributed by atoms with Crippen LogP contribution in [0.5, 0.6) is 0 Å². The SMILES string of the molecule is CC(=O)OCC(CCC1OC1(C)CO)C1CCC2(C)C3=CCC4C(C)(C)C(=O)CCC4(C)C3=CCC12C. The lowest BCUT2D eigenvalue weighted by atomic mass is 9.44. The van der Waals surface area contributed by atoms with Crippen LogP contribution in [0.4, 0.5) is 0 Å². The van der Waals surface area contributed by atoms with Crippen molar-refractivity contribution in [3.63, 3.8) is 0 Å². The molecule has 5 nitrogen and oxygen atoms in total. The summed E-state index contributed by atoms with van der Waals surface area (Å²) in [7, 11) is 0. The minimum absolute atomic E-state index is 0.0510. The number of carbonyl (C=O) groups excluding carboxylic acids is 2. The molecule has 5 rings (SSSR count). The van der Waals surface area contributed by atoms with Crippen molar-refractivity contribution in [1.29, 1.82) is 0 Å². The highest BCUT2D eigenvalue weighted by atomic mass is 16.6. The van der Waals surface area contributed by atoms with Gasteiger partial charge in [-0.2, -0.15) is 0 Å². The van der Waals surface area contributed by atoms with Crippen LogP contribution in [0.2, 0.25) is 0 Å². The number of ether oxygens (including phenoxy) is 2. The van der Waals surface area contributed by atoms with Gasteiger partial charge in [-0.1, -0.05) is 46.8 Å². The number of esters is 1. The first-order valence-corrected chi connectivity index (χ1v) is 14.6. The van der Waals surface area contributed by atoms with Crippen LogP contribution < -0.4 is 0 Å². The summed E-state index contributed by atoms with van der Waals surface area (Å²) in [5, 5.41) is 9.65. The van der Waals surface area contributed by atoms with E-state index in [1.807, 2.05) is 6.92 Å². The quantitative estimate of drug-likeness (QED) is 0.325. The number of hydrogen-bond acceptors (Lipinski definition) is 5. The number of Topliss-reactive ketones (excluding diaryl/α,β-unsaturated/α-hetero) is 1.